The van der Waals surface area contributed by atoms with Gasteiger partial charge in [-0.3, -0.25) is 9.69 Å². The van der Waals surface area contributed by atoms with Gasteiger partial charge in [0.1, 0.15) is 19.0 Å². The summed E-state index contributed by atoms with van der Waals surface area (Å²) in [4.78, 5) is 31.6. The number of cyclic esters (lactones) is 1. The number of carbonyl (C=O) groups is 2. The van der Waals surface area contributed by atoms with Crippen LogP contribution in [0.4, 0.5) is 4.79 Å². The first-order valence-electron chi connectivity index (χ1n) is 8.38. The maximum atomic E-state index is 12.3. The molecule has 3 heterocycles. The fourth-order valence-corrected chi connectivity index (χ4v) is 3.28. The monoisotopic (exact) mass is 336 g/mol. The Bertz CT molecular complexity index is 580. The third kappa shape index (κ3) is 3.69. The summed E-state index contributed by atoms with van der Waals surface area (Å²) in [5.74, 6) is 1.43. The van der Waals surface area contributed by atoms with Gasteiger partial charge in [0.05, 0.1) is 13.2 Å². The third-order valence-electron chi connectivity index (χ3n) is 4.67. The Morgan fingerprint density at radius 3 is 2.83 bits per heavy atom. The molecule has 3 rings (SSSR count). The molecule has 2 amide bonds. The molecular formula is C16H24N4O4. The van der Waals surface area contributed by atoms with Crippen LogP contribution in [0.25, 0.3) is 0 Å². The van der Waals surface area contributed by atoms with Gasteiger partial charge in [0.25, 0.3) is 0 Å². The Kier molecular flexibility index (Phi) is 5.34. The van der Waals surface area contributed by atoms with E-state index in [-0.39, 0.29) is 12.5 Å². The average molecular weight is 336 g/mol. The Morgan fingerprint density at radius 2 is 2.17 bits per heavy atom. The zero-order valence-corrected chi connectivity index (χ0v) is 14.0. The Morgan fingerprint density at radius 1 is 1.38 bits per heavy atom. The molecule has 0 atom stereocenters. The summed E-state index contributed by atoms with van der Waals surface area (Å²) in [7, 11) is 1.69. The second-order valence-electron chi connectivity index (χ2n) is 6.16. The summed E-state index contributed by atoms with van der Waals surface area (Å²) >= 11 is 0. The molecule has 1 aromatic rings. The van der Waals surface area contributed by atoms with Crippen molar-refractivity contribution in [1.29, 1.82) is 0 Å². The molecule has 0 radical (unpaired) electrons. The molecule has 2 fully saturated rings. The van der Waals surface area contributed by atoms with Crippen molar-refractivity contribution in [2.24, 2.45) is 0 Å². The molecule has 0 unspecified atom stereocenters. The quantitative estimate of drug-likeness (QED) is 0.764. The molecule has 1 aromatic heterocycles. The van der Waals surface area contributed by atoms with Crippen molar-refractivity contribution in [2.45, 2.75) is 25.3 Å². The summed E-state index contributed by atoms with van der Waals surface area (Å²) in [5, 5.41) is 0. The minimum Gasteiger partial charge on any atom is -0.448 e. The molecule has 2 aliphatic heterocycles. The summed E-state index contributed by atoms with van der Waals surface area (Å²) in [6, 6.07) is 0. The smallest absolute Gasteiger partial charge is 0.410 e. The van der Waals surface area contributed by atoms with Gasteiger partial charge in [0, 0.05) is 45.1 Å². The minimum absolute atomic E-state index is 0.00461. The van der Waals surface area contributed by atoms with Crippen LogP contribution >= 0.6 is 0 Å². The molecule has 0 aliphatic carbocycles. The standard InChI is InChI=1S/C16H24N4O4/c1-23-10-8-19-7-4-17-15(19)13-2-5-18(6-3-13)14(21)12-20-9-11-24-16(20)22/h4,7,13H,2-3,5-6,8-12H2,1H3. The fourth-order valence-electron chi connectivity index (χ4n) is 3.28. The highest BCUT2D eigenvalue weighted by molar-refractivity contribution is 5.83. The van der Waals surface area contributed by atoms with Gasteiger partial charge >= 0.3 is 6.09 Å². The van der Waals surface area contributed by atoms with E-state index in [0.29, 0.717) is 38.8 Å². The van der Waals surface area contributed by atoms with Crippen molar-refractivity contribution in [1.82, 2.24) is 19.4 Å². The SMILES string of the molecule is COCCn1ccnc1C1CCN(C(=O)CN2CCOC2=O)CC1. The van der Waals surface area contributed by atoms with Crippen molar-refractivity contribution in [3.8, 4) is 0 Å². The summed E-state index contributed by atoms with van der Waals surface area (Å²) < 4.78 is 12.1. The molecule has 0 saturated carbocycles. The molecular weight excluding hydrogens is 312 g/mol. The van der Waals surface area contributed by atoms with E-state index < -0.39 is 6.09 Å². The lowest BCUT2D eigenvalue weighted by Gasteiger charge is -2.32. The van der Waals surface area contributed by atoms with E-state index in [1.807, 2.05) is 17.3 Å². The van der Waals surface area contributed by atoms with E-state index in [1.54, 1.807) is 7.11 Å². The van der Waals surface area contributed by atoms with Crippen LogP contribution in [-0.4, -0.2) is 77.9 Å². The van der Waals surface area contributed by atoms with Gasteiger partial charge in [0.15, 0.2) is 0 Å². The number of piperidine rings is 1. The van der Waals surface area contributed by atoms with Crippen molar-refractivity contribution >= 4 is 12.0 Å². The molecule has 2 saturated heterocycles. The van der Waals surface area contributed by atoms with E-state index in [2.05, 4.69) is 9.55 Å². The van der Waals surface area contributed by atoms with Gasteiger partial charge in [-0.15, -0.1) is 0 Å². The highest BCUT2D eigenvalue weighted by Gasteiger charge is 2.30. The topological polar surface area (TPSA) is 76.9 Å². The number of methoxy groups -OCH3 is 1. The van der Waals surface area contributed by atoms with Crippen molar-refractivity contribution in [3.05, 3.63) is 18.2 Å². The van der Waals surface area contributed by atoms with Gasteiger partial charge in [0.2, 0.25) is 5.91 Å². The Labute approximate surface area is 141 Å². The van der Waals surface area contributed by atoms with Crippen LogP contribution in [0.15, 0.2) is 12.4 Å². The normalized spacial score (nSPS) is 19.0. The van der Waals surface area contributed by atoms with Crippen LogP contribution in [0, 0.1) is 0 Å². The van der Waals surface area contributed by atoms with E-state index in [9.17, 15) is 9.59 Å². The number of rotatable bonds is 6. The maximum Gasteiger partial charge on any atom is 0.410 e. The zero-order valence-electron chi connectivity index (χ0n) is 14.0. The largest absolute Gasteiger partial charge is 0.448 e. The van der Waals surface area contributed by atoms with E-state index in [0.717, 1.165) is 25.2 Å². The predicted molar refractivity (Wildman–Crippen MR) is 85.6 cm³/mol. The van der Waals surface area contributed by atoms with Gasteiger partial charge in [-0.25, -0.2) is 9.78 Å². The lowest BCUT2D eigenvalue weighted by Crippen LogP contribution is -2.44. The van der Waals surface area contributed by atoms with Gasteiger partial charge in [-0.2, -0.15) is 0 Å². The number of ether oxygens (including phenoxy) is 2. The maximum absolute atomic E-state index is 12.3. The number of imidazole rings is 1. The molecule has 0 spiro atoms. The lowest BCUT2D eigenvalue weighted by atomic mass is 9.96. The van der Waals surface area contributed by atoms with Crippen LogP contribution in [0.5, 0.6) is 0 Å². The minimum atomic E-state index is -0.390. The molecule has 132 valence electrons. The molecule has 0 bridgehead atoms. The van der Waals surface area contributed by atoms with Gasteiger partial charge in [-0.05, 0) is 12.8 Å². The second kappa shape index (κ2) is 7.65. The highest BCUT2D eigenvalue weighted by atomic mass is 16.6. The number of hydrogen-bond acceptors (Lipinski definition) is 5. The summed E-state index contributed by atoms with van der Waals surface area (Å²) in [6.07, 6.45) is 5.19. The predicted octanol–water partition coefficient (Wildman–Crippen LogP) is 0.688. The van der Waals surface area contributed by atoms with Crippen LogP contribution in [-0.2, 0) is 20.8 Å². The molecule has 8 nitrogen and oxygen atoms in total. The molecule has 8 heteroatoms. The Balaban J connectivity index is 1.51. The lowest BCUT2D eigenvalue weighted by molar-refractivity contribution is -0.132. The average Bonchev–Trinajstić information content (AvgIpc) is 3.22. The second-order valence-corrected chi connectivity index (χ2v) is 6.16. The number of carbonyl (C=O) groups excluding carboxylic acids is 2. The summed E-state index contributed by atoms with van der Waals surface area (Å²) in [6.45, 7) is 3.84. The van der Waals surface area contributed by atoms with Crippen LogP contribution in [0.1, 0.15) is 24.6 Å². The van der Waals surface area contributed by atoms with Gasteiger partial charge in [-0.1, -0.05) is 0 Å². The fraction of sp³-hybridized carbons (Fsp3) is 0.688. The van der Waals surface area contributed by atoms with Crippen LogP contribution in [0.3, 0.4) is 0 Å². The van der Waals surface area contributed by atoms with E-state index in [1.165, 1.54) is 4.90 Å². The third-order valence-corrected chi connectivity index (χ3v) is 4.67. The molecule has 2 aliphatic rings. The number of likely N-dealkylation sites (tertiary alicyclic amines) is 1. The van der Waals surface area contributed by atoms with E-state index >= 15 is 0 Å². The van der Waals surface area contributed by atoms with Crippen molar-refractivity contribution in [3.63, 3.8) is 0 Å². The number of amides is 2. The number of hydrogen-bond donors (Lipinski definition) is 0. The van der Waals surface area contributed by atoms with Crippen molar-refractivity contribution < 1.29 is 19.1 Å². The van der Waals surface area contributed by atoms with E-state index in [4.69, 9.17) is 9.47 Å². The number of nitrogens with zero attached hydrogens (tertiary/aromatic N) is 4. The van der Waals surface area contributed by atoms with Gasteiger partial charge < -0.3 is 18.9 Å². The van der Waals surface area contributed by atoms with Crippen molar-refractivity contribution in [2.75, 3.05) is 46.5 Å². The number of aromatic nitrogens is 2. The summed E-state index contributed by atoms with van der Waals surface area (Å²) in [5.41, 5.74) is 0. The first-order chi connectivity index (χ1) is 11.7. The first kappa shape index (κ1) is 16.8. The first-order valence-corrected chi connectivity index (χ1v) is 8.38. The molecule has 0 aromatic carbocycles. The van der Waals surface area contributed by atoms with Crippen LogP contribution < -0.4 is 0 Å². The van der Waals surface area contributed by atoms with Crippen LogP contribution in [0.2, 0.25) is 0 Å². The zero-order chi connectivity index (χ0) is 16.9. The molecule has 24 heavy (non-hydrogen) atoms. The Hall–Kier alpha value is -2.09. The highest BCUT2D eigenvalue weighted by Crippen LogP contribution is 2.27. The molecule has 0 N–H and O–H groups in total.